The molecule has 26 heavy (non-hydrogen) atoms. The first-order valence-corrected chi connectivity index (χ1v) is 9.45. The van der Waals surface area contributed by atoms with Crippen molar-refractivity contribution in [2.24, 2.45) is 0 Å². The molecule has 0 aromatic heterocycles. The maximum absolute atomic E-state index is 13.7. The van der Waals surface area contributed by atoms with Crippen molar-refractivity contribution in [3.63, 3.8) is 0 Å². The first kappa shape index (κ1) is 20.0. The van der Waals surface area contributed by atoms with Crippen LogP contribution in [0.25, 0.3) is 0 Å². The number of benzene rings is 2. The van der Waals surface area contributed by atoms with E-state index in [0.717, 1.165) is 0 Å². The Morgan fingerprint density at radius 2 is 1.81 bits per heavy atom. The van der Waals surface area contributed by atoms with Gasteiger partial charge in [-0.05, 0) is 37.3 Å². The third kappa shape index (κ3) is 5.10. The summed E-state index contributed by atoms with van der Waals surface area (Å²) in [7, 11) is -2.21. The van der Waals surface area contributed by atoms with Crippen molar-refractivity contribution >= 4 is 15.9 Å². The standard InChI is InChI=1S/C18H21FN2O4S/c1-13(22)11-20-26(24,25)16-9-7-14(8-10-16)18(23)21(2)12-15-5-3-4-6-17(15)19/h3-10,13,20,22H,11-12H2,1-2H3. The molecule has 0 saturated heterocycles. The van der Waals surface area contributed by atoms with E-state index in [-0.39, 0.29) is 23.9 Å². The van der Waals surface area contributed by atoms with E-state index in [9.17, 15) is 22.7 Å². The van der Waals surface area contributed by atoms with Crippen molar-refractivity contribution < 1.29 is 22.7 Å². The maximum atomic E-state index is 13.7. The molecular weight excluding hydrogens is 359 g/mol. The van der Waals surface area contributed by atoms with Crippen molar-refractivity contribution in [1.29, 1.82) is 0 Å². The van der Waals surface area contributed by atoms with Crippen LogP contribution in [0.15, 0.2) is 53.4 Å². The summed E-state index contributed by atoms with van der Waals surface area (Å²) in [4.78, 5) is 13.8. The molecule has 0 radical (unpaired) electrons. The Morgan fingerprint density at radius 3 is 2.38 bits per heavy atom. The zero-order chi connectivity index (χ0) is 19.3. The minimum atomic E-state index is -3.76. The molecule has 140 valence electrons. The monoisotopic (exact) mass is 380 g/mol. The first-order valence-electron chi connectivity index (χ1n) is 7.97. The number of nitrogens with one attached hydrogen (secondary N) is 1. The third-order valence-electron chi connectivity index (χ3n) is 3.69. The molecule has 2 aromatic rings. The van der Waals surface area contributed by atoms with Crippen molar-refractivity contribution in [3.8, 4) is 0 Å². The van der Waals surface area contributed by atoms with Crippen LogP contribution in [0.2, 0.25) is 0 Å². The smallest absolute Gasteiger partial charge is 0.253 e. The SMILES string of the molecule is CC(O)CNS(=O)(=O)c1ccc(C(=O)N(C)Cc2ccccc2F)cc1. The molecule has 2 N–H and O–H groups in total. The molecule has 0 aliphatic heterocycles. The van der Waals surface area contributed by atoms with E-state index in [1.807, 2.05) is 0 Å². The Morgan fingerprint density at radius 1 is 1.19 bits per heavy atom. The number of hydrogen-bond acceptors (Lipinski definition) is 4. The van der Waals surface area contributed by atoms with Crippen LogP contribution < -0.4 is 4.72 Å². The van der Waals surface area contributed by atoms with E-state index in [1.165, 1.54) is 42.2 Å². The predicted octanol–water partition coefficient (Wildman–Crippen LogP) is 1.76. The average molecular weight is 380 g/mol. The fraction of sp³-hybridized carbons (Fsp3) is 0.278. The molecule has 6 nitrogen and oxygen atoms in total. The summed E-state index contributed by atoms with van der Waals surface area (Å²) in [6.45, 7) is 1.46. The van der Waals surface area contributed by atoms with Gasteiger partial charge >= 0.3 is 0 Å². The van der Waals surface area contributed by atoms with Crippen molar-refractivity contribution in [2.45, 2.75) is 24.5 Å². The summed E-state index contributed by atoms with van der Waals surface area (Å²) in [6, 6.07) is 11.6. The number of carbonyl (C=O) groups excluding carboxylic acids is 1. The summed E-state index contributed by atoms with van der Waals surface area (Å²) >= 11 is 0. The van der Waals surface area contributed by atoms with Crippen LogP contribution in [-0.2, 0) is 16.6 Å². The van der Waals surface area contributed by atoms with E-state index in [2.05, 4.69) is 4.72 Å². The van der Waals surface area contributed by atoms with Crippen LogP contribution in [0.3, 0.4) is 0 Å². The number of halogens is 1. The second kappa shape index (κ2) is 8.39. The van der Waals surface area contributed by atoms with Gasteiger partial charge in [0.15, 0.2) is 0 Å². The van der Waals surface area contributed by atoms with Crippen molar-refractivity contribution in [1.82, 2.24) is 9.62 Å². The Bertz CT molecular complexity index is 867. The molecule has 0 bridgehead atoms. The topological polar surface area (TPSA) is 86.7 Å². The molecule has 1 unspecified atom stereocenters. The van der Waals surface area contributed by atoms with Crippen LogP contribution in [0.1, 0.15) is 22.8 Å². The number of sulfonamides is 1. The van der Waals surface area contributed by atoms with Gasteiger partial charge in [-0.2, -0.15) is 0 Å². The van der Waals surface area contributed by atoms with Gasteiger partial charge in [0.1, 0.15) is 5.82 Å². The second-order valence-electron chi connectivity index (χ2n) is 5.98. The van der Waals surface area contributed by atoms with E-state index < -0.39 is 21.9 Å². The van der Waals surface area contributed by atoms with E-state index >= 15 is 0 Å². The van der Waals surface area contributed by atoms with E-state index in [1.54, 1.807) is 25.2 Å². The van der Waals surface area contributed by atoms with Crippen LogP contribution in [-0.4, -0.2) is 44.0 Å². The summed E-state index contributed by atoms with van der Waals surface area (Å²) < 4.78 is 40.1. The highest BCUT2D eigenvalue weighted by Crippen LogP contribution is 2.14. The summed E-state index contributed by atoms with van der Waals surface area (Å²) in [6.07, 6.45) is -0.808. The Kier molecular flexibility index (Phi) is 6.47. The average Bonchev–Trinajstić information content (AvgIpc) is 2.61. The molecule has 2 rings (SSSR count). The fourth-order valence-corrected chi connectivity index (χ4v) is 3.39. The highest BCUT2D eigenvalue weighted by Gasteiger charge is 2.17. The summed E-state index contributed by atoms with van der Waals surface area (Å²) in [5.41, 5.74) is 0.684. The lowest BCUT2D eigenvalue weighted by Crippen LogP contribution is -2.30. The van der Waals surface area contributed by atoms with E-state index in [4.69, 9.17) is 0 Å². The number of carbonyl (C=O) groups is 1. The largest absolute Gasteiger partial charge is 0.392 e. The number of nitrogens with zero attached hydrogens (tertiary/aromatic N) is 1. The number of aliphatic hydroxyl groups excluding tert-OH is 1. The van der Waals surface area contributed by atoms with Gasteiger partial charge in [-0.25, -0.2) is 17.5 Å². The predicted molar refractivity (Wildman–Crippen MR) is 95.5 cm³/mol. The molecule has 0 fully saturated rings. The molecule has 8 heteroatoms. The van der Waals surface area contributed by atoms with Gasteiger partial charge < -0.3 is 10.0 Å². The zero-order valence-electron chi connectivity index (χ0n) is 14.5. The third-order valence-corrected chi connectivity index (χ3v) is 5.13. The normalized spacial score (nSPS) is 12.6. The second-order valence-corrected chi connectivity index (χ2v) is 7.74. The lowest BCUT2D eigenvalue weighted by atomic mass is 10.1. The van der Waals surface area contributed by atoms with Gasteiger partial charge in [-0.15, -0.1) is 0 Å². The van der Waals surface area contributed by atoms with Gasteiger partial charge in [0.2, 0.25) is 10.0 Å². The fourth-order valence-electron chi connectivity index (χ4n) is 2.26. The lowest BCUT2D eigenvalue weighted by molar-refractivity contribution is 0.0783. The van der Waals surface area contributed by atoms with Crippen LogP contribution in [0.5, 0.6) is 0 Å². The van der Waals surface area contributed by atoms with Crippen molar-refractivity contribution in [2.75, 3.05) is 13.6 Å². The molecule has 0 aliphatic carbocycles. The van der Waals surface area contributed by atoms with Gasteiger partial charge in [-0.3, -0.25) is 4.79 Å². The number of amides is 1. The van der Waals surface area contributed by atoms with Crippen LogP contribution >= 0.6 is 0 Å². The summed E-state index contributed by atoms with van der Waals surface area (Å²) in [5.74, 6) is -0.744. The molecule has 1 amide bonds. The maximum Gasteiger partial charge on any atom is 0.253 e. The summed E-state index contributed by atoms with van der Waals surface area (Å²) in [5, 5.41) is 9.18. The lowest BCUT2D eigenvalue weighted by Gasteiger charge is -2.18. The first-order chi connectivity index (χ1) is 12.2. The van der Waals surface area contributed by atoms with Gasteiger partial charge in [0.05, 0.1) is 11.0 Å². The minimum absolute atomic E-state index is 0.00791. The zero-order valence-corrected chi connectivity index (χ0v) is 15.3. The molecule has 0 aliphatic rings. The minimum Gasteiger partial charge on any atom is -0.392 e. The molecule has 1 atom stereocenters. The Balaban J connectivity index is 2.09. The molecule has 0 heterocycles. The van der Waals surface area contributed by atoms with Crippen molar-refractivity contribution in [3.05, 3.63) is 65.5 Å². The van der Waals surface area contributed by atoms with Gasteiger partial charge in [0.25, 0.3) is 5.91 Å². The highest BCUT2D eigenvalue weighted by molar-refractivity contribution is 7.89. The van der Waals surface area contributed by atoms with Gasteiger partial charge in [-0.1, -0.05) is 18.2 Å². The Labute approximate surface area is 152 Å². The Hall–Kier alpha value is -2.29. The highest BCUT2D eigenvalue weighted by atomic mass is 32.2. The van der Waals surface area contributed by atoms with Crippen LogP contribution in [0, 0.1) is 5.82 Å². The molecular formula is C18H21FN2O4S. The number of hydrogen-bond donors (Lipinski definition) is 2. The molecule has 0 saturated carbocycles. The quantitative estimate of drug-likeness (QED) is 0.766. The molecule has 2 aromatic carbocycles. The van der Waals surface area contributed by atoms with Crippen LogP contribution in [0.4, 0.5) is 4.39 Å². The van der Waals surface area contributed by atoms with Gasteiger partial charge in [0, 0.05) is 31.3 Å². The molecule has 0 spiro atoms. The van der Waals surface area contributed by atoms with E-state index in [0.29, 0.717) is 11.1 Å². The number of aliphatic hydroxyl groups is 1. The number of rotatable bonds is 7.